The number of rotatable bonds is 3. The number of imidazole rings is 1. The van der Waals surface area contributed by atoms with E-state index in [1.165, 1.54) is 0 Å². The number of fused-ring (bicyclic) bond motifs is 2. The third kappa shape index (κ3) is 2.71. The number of anilines is 1. The van der Waals surface area contributed by atoms with E-state index < -0.39 is 0 Å². The van der Waals surface area contributed by atoms with Crippen molar-refractivity contribution in [3.8, 4) is 11.5 Å². The molecule has 3 N–H and O–H groups in total. The van der Waals surface area contributed by atoms with Crippen LogP contribution in [-0.4, -0.2) is 31.1 Å². The Kier molecular flexibility index (Phi) is 3.43. The molecule has 0 unspecified atom stereocenters. The number of carbonyl (C=O) groups is 1. The van der Waals surface area contributed by atoms with Crippen LogP contribution in [0.2, 0.25) is 0 Å². The van der Waals surface area contributed by atoms with Crippen LogP contribution in [0.25, 0.3) is 33.5 Å². The van der Waals surface area contributed by atoms with Gasteiger partial charge in [0.25, 0.3) is 5.91 Å². The van der Waals surface area contributed by atoms with Crippen molar-refractivity contribution in [2.75, 3.05) is 5.32 Å². The van der Waals surface area contributed by atoms with E-state index in [0.717, 1.165) is 27.6 Å². The topological polar surface area (TPSA) is 99.3 Å². The van der Waals surface area contributed by atoms with E-state index in [2.05, 4.69) is 30.5 Å². The lowest BCUT2D eigenvalue weighted by Gasteiger charge is -2.04. The van der Waals surface area contributed by atoms with Crippen LogP contribution >= 0.6 is 0 Å². The highest BCUT2D eigenvalue weighted by Gasteiger charge is 2.14. The lowest BCUT2D eigenvalue weighted by Crippen LogP contribution is -2.11. The van der Waals surface area contributed by atoms with Crippen molar-refractivity contribution in [3.05, 3.63) is 72.6 Å². The predicted octanol–water partition coefficient (Wildman–Crippen LogP) is 3.75. The maximum Gasteiger partial charge on any atom is 0.255 e. The van der Waals surface area contributed by atoms with Crippen LogP contribution in [0.4, 0.5) is 5.69 Å². The fourth-order valence-electron chi connectivity index (χ4n) is 3.04. The summed E-state index contributed by atoms with van der Waals surface area (Å²) in [6.07, 6.45) is 3.26. The molecule has 0 bridgehead atoms. The number of nitrogens with one attached hydrogen (secondary N) is 3. The van der Waals surface area contributed by atoms with Crippen LogP contribution in [0.3, 0.4) is 0 Å². The highest BCUT2D eigenvalue weighted by atomic mass is 16.1. The molecule has 2 aromatic carbocycles. The fourth-order valence-corrected chi connectivity index (χ4v) is 3.04. The summed E-state index contributed by atoms with van der Waals surface area (Å²) in [6, 6.07) is 16.8. The van der Waals surface area contributed by atoms with Gasteiger partial charge in [-0.3, -0.25) is 14.9 Å². The molecular weight excluding hydrogens is 340 g/mol. The number of amides is 1. The summed E-state index contributed by atoms with van der Waals surface area (Å²) in [5.74, 6) is 0.499. The average molecular weight is 354 g/mol. The molecule has 0 aliphatic carbocycles. The molecule has 0 spiro atoms. The quantitative estimate of drug-likeness (QED) is 0.459. The van der Waals surface area contributed by atoms with Crippen LogP contribution in [0.1, 0.15) is 10.4 Å². The first-order valence-electron chi connectivity index (χ1n) is 8.42. The van der Waals surface area contributed by atoms with Gasteiger partial charge in [-0.15, -0.1) is 0 Å². The van der Waals surface area contributed by atoms with Crippen LogP contribution in [0.15, 0.2) is 67.0 Å². The minimum absolute atomic E-state index is 0.192. The first-order valence-corrected chi connectivity index (χ1v) is 8.42. The zero-order valence-corrected chi connectivity index (χ0v) is 14.1. The van der Waals surface area contributed by atoms with Gasteiger partial charge in [0.15, 0.2) is 5.82 Å². The molecule has 0 atom stereocenters. The number of nitrogens with zero attached hydrogens (tertiary/aromatic N) is 3. The summed E-state index contributed by atoms with van der Waals surface area (Å²) in [4.78, 5) is 24.3. The SMILES string of the molecule is O=C(Nc1ccncc1)c1ccc2c(-c3nc4ccccc4[nH]3)n[nH]c2c1. The number of benzene rings is 2. The second kappa shape index (κ2) is 6.06. The Morgan fingerprint density at radius 3 is 2.67 bits per heavy atom. The Balaban J connectivity index is 1.50. The summed E-state index contributed by atoms with van der Waals surface area (Å²) in [5, 5.41) is 11.1. The number of aromatic nitrogens is 5. The van der Waals surface area contributed by atoms with E-state index >= 15 is 0 Å². The van der Waals surface area contributed by atoms with E-state index in [4.69, 9.17) is 0 Å². The molecule has 0 saturated carbocycles. The smallest absolute Gasteiger partial charge is 0.255 e. The van der Waals surface area contributed by atoms with Gasteiger partial charge in [-0.05, 0) is 42.5 Å². The van der Waals surface area contributed by atoms with Crippen molar-refractivity contribution >= 4 is 33.5 Å². The standard InChI is InChI=1S/C20H14N6O/c27-20(22-13-7-9-21-10-8-13)12-5-6-14-17(11-12)25-26-18(14)19-23-15-3-1-2-4-16(15)24-19/h1-11H,(H,23,24)(H,25,26)(H,21,22,27). The van der Waals surface area contributed by atoms with Crippen LogP contribution < -0.4 is 5.32 Å². The molecule has 0 aliphatic rings. The molecule has 27 heavy (non-hydrogen) atoms. The summed E-state index contributed by atoms with van der Waals surface area (Å²) in [6.45, 7) is 0. The number of hydrogen-bond donors (Lipinski definition) is 3. The fraction of sp³-hybridized carbons (Fsp3) is 0. The van der Waals surface area contributed by atoms with E-state index in [-0.39, 0.29) is 5.91 Å². The molecule has 3 heterocycles. The number of carbonyl (C=O) groups excluding carboxylic acids is 1. The minimum Gasteiger partial charge on any atom is -0.337 e. The van der Waals surface area contributed by atoms with Gasteiger partial charge in [0.05, 0.1) is 16.6 Å². The lowest BCUT2D eigenvalue weighted by atomic mass is 10.1. The molecule has 0 fully saturated rings. The molecule has 7 nitrogen and oxygen atoms in total. The molecule has 0 aliphatic heterocycles. The van der Waals surface area contributed by atoms with Crippen molar-refractivity contribution in [3.63, 3.8) is 0 Å². The minimum atomic E-state index is -0.192. The van der Waals surface area contributed by atoms with Gasteiger partial charge in [-0.25, -0.2) is 4.98 Å². The highest BCUT2D eigenvalue weighted by molar-refractivity contribution is 6.07. The summed E-state index contributed by atoms with van der Waals surface area (Å²) in [7, 11) is 0. The second-order valence-corrected chi connectivity index (χ2v) is 6.13. The van der Waals surface area contributed by atoms with Crippen molar-refractivity contribution in [2.45, 2.75) is 0 Å². The van der Waals surface area contributed by atoms with Crippen LogP contribution in [-0.2, 0) is 0 Å². The van der Waals surface area contributed by atoms with Gasteiger partial charge in [-0.1, -0.05) is 12.1 Å². The molecule has 0 saturated heterocycles. The Hall–Kier alpha value is -4.00. The summed E-state index contributed by atoms with van der Waals surface area (Å²) >= 11 is 0. The largest absolute Gasteiger partial charge is 0.337 e. The molecular formula is C20H14N6O. The number of aromatic amines is 2. The van der Waals surface area contributed by atoms with Gasteiger partial charge in [0, 0.05) is 29.0 Å². The van der Waals surface area contributed by atoms with Gasteiger partial charge < -0.3 is 10.3 Å². The summed E-state index contributed by atoms with van der Waals surface area (Å²) in [5.41, 5.74) is 4.57. The third-order valence-electron chi connectivity index (χ3n) is 4.38. The number of H-pyrrole nitrogens is 2. The van der Waals surface area contributed by atoms with Crippen molar-refractivity contribution < 1.29 is 4.79 Å². The second-order valence-electron chi connectivity index (χ2n) is 6.13. The Morgan fingerprint density at radius 1 is 0.963 bits per heavy atom. The molecule has 3 aromatic heterocycles. The molecule has 130 valence electrons. The van der Waals surface area contributed by atoms with E-state index in [1.807, 2.05) is 30.3 Å². The average Bonchev–Trinajstić information content (AvgIpc) is 3.31. The Morgan fingerprint density at radius 2 is 1.81 bits per heavy atom. The van der Waals surface area contributed by atoms with Gasteiger partial charge in [0.1, 0.15) is 5.69 Å². The first-order chi connectivity index (χ1) is 13.3. The number of hydrogen-bond acceptors (Lipinski definition) is 4. The third-order valence-corrected chi connectivity index (χ3v) is 4.38. The maximum atomic E-state index is 12.5. The summed E-state index contributed by atoms with van der Waals surface area (Å²) < 4.78 is 0. The van der Waals surface area contributed by atoms with Gasteiger partial charge >= 0.3 is 0 Å². The van der Waals surface area contributed by atoms with Gasteiger partial charge in [-0.2, -0.15) is 5.10 Å². The molecule has 5 aromatic rings. The maximum absolute atomic E-state index is 12.5. The zero-order chi connectivity index (χ0) is 18.2. The normalized spacial score (nSPS) is 11.1. The van der Waals surface area contributed by atoms with E-state index in [0.29, 0.717) is 17.1 Å². The van der Waals surface area contributed by atoms with E-state index in [9.17, 15) is 4.79 Å². The lowest BCUT2D eigenvalue weighted by molar-refractivity contribution is 0.102. The molecule has 5 rings (SSSR count). The zero-order valence-electron chi connectivity index (χ0n) is 14.1. The van der Waals surface area contributed by atoms with Crippen molar-refractivity contribution in [1.29, 1.82) is 0 Å². The highest BCUT2D eigenvalue weighted by Crippen LogP contribution is 2.27. The number of pyridine rings is 1. The van der Waals surface area contributed by atoms with Gasteiger partial charge in [0.2, 0.25) is 0 Å². The van der Waals surface area contributed by atoms with Crippen molar-refractivity contribution in [1.82, 2.24) is 25.1 Å². The molecule has 0 radical (unpaired) electrons. The van der Waals surface area contributed by atoms with Crippen LogP contribution in [0, 0.1) is 0 Å². The monoisotopic (exact) mass is 354 g/mol. The molecule has 1 amide bonds. The first kappa shape index (κ1) is 15.3. The van der Waals surface area contributed by atoms with E-state index in [1.54, 1.807) is 36.7 Å². The Labute approximate surface area is 153 Å². The Bertz CT molecular complexity index is 1240. The number of para-hydroxylation sites is 2. The molecule has 7 heteroatoms. The van der Waals surface area contributed by atoms with Crippen molar-refractivity contribution in [2.24, 2.45) is 0 Å². The predicted molar refractivity (Wildman–Crippen MR) is 103 cm³/mol. The van der Waals surface area contributed by atoms with Crippen LogP contribution in [0.5, 0.6) is 0 Å².